The summed E-state index contributed by atoms with van der Waals surface area (Å²) in [6.45, 7) is 3.81. The zero-order valence-electron chi connectivity index (χ0n) is 12.0. The Morgan fingerprint density at radius 3 is 2.41 bits per heavy atom. The van der Waals surface area contributed by atoms with E-state index >= 15 is 0 Å². The van der Waals surface area contributed by atoms with E-state index in [-0.39, 0.29) is 0 Å². The number of halogens is 1. The summed E-state index contributed by atoms with van der Waals surface area (Å²) in [4.78, 5) is 25.2. The largest absolute Gasteiger partial charge is 0.449 e. The maximum absolute atomic E-state index is 12.7. The summed E-state index contributed by atoms with van der Waals surface area (Å²) in [6.07, 6.45) is 0. The first-order chi connectivity index (χ1) is 10.5. The quantitative estimate of drug-likeness (QED) is 0.405. The van der Waals surface area contributed by atoms with Crippen LogP contribution in [-0.4, -0.2) is 11.6 Å². The molecule has 1 aromatic heterocycles. The molecule has 22 heavy (non-hydrogen) atoms. The van der Waals surface area contributed by atoms with Crippen molar-refractivity contribution >= 4 is 44.9 Å². The zero-order chi connectivity index (χ0) is 15.6. The minimum absolute atomic E-state index is 0.411. The first kappa shape index (κ1) is 13.7. The van der Waals surface area contributed by atoms with Crippen molar-refractivity contribution in [3.05, 3.63) is 56.4 Å². The summed E-state index contributed by atoms with van der Waals surface area (Å²) in [5.41, 5.74) is 3.40. The fourth-order valence-electron chi connectivity index (χ4n) is 3.12. The van der Waals surface area contributed by atoms with Crippen molar-refractivity contribution in [2.24, 2.45) is 0 Å². The number of hydrogen-bond donors (Lipinski definition) is 0. The van der Waals surface area contributed by atoms with Gasteiger partial charge < -0.3 is 4.42 Å². The standard InChI is InChI=1S/C18H11IO3/c1-8-4-3-5-11-10(8)6-7-12-14(11)16(21)15(20)13-9(2)18(19)22-17(12)13/h3-7H,1-2H3. The average molecular weight is 402 g/mol. The second-order valence-electron chi connectivity index (χ2n) is 5.52. The predicted molar refractivity (Wildman–Crippen MR) is 92.5 cm³/mol. The highest BCUT2D eigenvalue weighted by atomic mass is 127. The van der Waals surface area contributed by atoms with Crippen LogP contribution in [0.4, 0.5) is 0 Å². The molecule has 2 aromatic carbocycles. The Labute approximate surface area is 140 Å². The lowest BCUT2D eigenvalue weighted by molar-refractivity contribution is 0.0815. The number of Topliss-reactive ketones (excluding diaryl/α,β-unsaturated/α-hetero) is 2. The van der Waals surface area contributed by atoms with Gasteiger partial charge >= 0.3 is 0 Å². The molecule has 0 atom stereocenters. The highest BCUT2D eigenvalue weighted by molar-refractivity contribution is 14.1. The molecule has 1 heterocycles. The summed E-state index contributed by atoms with van der Waals surface area (Å²) in [5.74, 6) is -0.399. The van der Waals surface area contributed by atoms with Gasteiger partial charge in [0.1, 0.15) is 5.76 Å². The fourth-order valence-corrected chi connectivity index (χ4v) is 3.61. The molecule has 0 radical (unpaired) electrons. The topological polar surface area (TPSA) is 47.3 Å². The van der Waals surface area contributed by atoms with Gasteiger partial charge in [0, 0.05) is 16.7 Å². The first-order valence-electron chi connectivity index (χ1n) is 6.91. The van der Waals surface area contributed by atoms with E-state index in [1.54, 1.807) is 0 Å². The van der Waals surface area contributed by atoms with Gasteiger partial charge in [0.25, 0.3) is 0 Å². The Kier molecular flexibility index (Phi) is 2.81. The summed E-state index contributed by atoms with van der Waals surface area (Å²) >= 11 is 2.05. The highest BCUT2D eigenvalue weighted by Gasteiger charge is 2.36. The van der Waals surface area contributed by atoms with E-state index in [1.807, 2.05) is 44.2 Å². The van der Waals surface area contributed by atoms with E-state index in [0.717, 1.165) is 21.9 Å². The molecule has 0 saturated carbocycles. The summed E-state index contributed by atoms with van der Waals surface area (Å²) in [6, 6.07) is 9.66. The third-order valence-corrected chi connectivity index (χ3v) is 5.30. The molecule has 1 aliphatic carbocycles. The van der Waals surface area contributed by atoms with Crippen LogP contribution in [0.2, 0.25) is 0 Å². The summed E-state index contributed by atoms with van der Waals surface area (Å²) < 4.78 is 6.43. The smallest absolute Gasteiger partial charge is 0.237 e. The number of fused-ring (bicyclic) bond motifs is 5. The van der Waals surface area contributed by atoms with Gasteiger partial charge in [-0.25, -0.2) is 0 Å². The van der Waals surface area contributed by atoms with Crippen LogP contribution in [0, 0.1) is 17.6 Å². The summed E-state index contributed by atoms with van der Waals surface area (Å²) in [5, 5.41) is 1.80. The molecule has 3 nitrogen and oxygen atoms in total. The summed E-state index contributed by atoms with van der Waals surface area (Å²) in [7, 11) is 0. The third-order valence-electron chi connectivity index (χ3n) is 4.27. The van der Waals surface area contributed by atoms with Gasteiger partial charge in [-0.15, -0.1) is 0 Å². The molecule has 1 aliphatic rings. The maximum atomic E-state index is 12.7. The molecule has 108 valence electrons. The normalized spacial score (nSPS) is 13.4. The second-order valence-corrected chi connectivity index (χ2v) is 6.50. The minimum atomic E-state index is -0.472. The Balaban J connectivity index is 2.20. The van der Waals surface area contributed by atoms with Crippen LogP contribution in [0.5, 0.6) is 0 Å². The predicted octanol–water partition coefficient (Wildman–Crippen LogP) is 4.70. The number of furan rings is 1. The van der Waals surface area contributed by atoms with Crippen molar-refractivity contribution in [2.75, 3.05) is 0 Å². The molecule has 0 saturated heterocycles. The molecule has 0 unspecified atom stereocenters. The van der Waals surface area contributed by atoms with E-state index in [0.29, 0.717) is 26.2 Å². The lowest BCUT2D eigenvalue weighted by atomic mass is 9.84. The number of aryl methyl sites for hydroxylation is 1. The van der Waals surface area contributed by atoms with Crippen molar-refractivity contribution in [3.63, 3.8) is 0 Å². The number of rotatable bonds is 0. The minimum Gasteiger partial charge on any atom is -0.449 e. The van der Waals surface area contributed by atoms with Crippen molar-refractivity contribution in [3.8, 4) is 11.3 Å². The molecule has 0 N–H and O–H groups in total. The van der Waals surface area contributed by atoms with Crippen LogP contribution in [-0.2, 0) is 0 Å². The van der Waals surface area contributed by atoms with Gasteiger partial charge in [-0.3, -0.25) is 9.59 Å². The van der Waals surface area contributed by atoms with Gasteiger partial charge in [-0.2, -0.15) is 0 Å². The Hall–Kier alpha value is -1.95. The Morgan fingerprint density at radius 1 is 0.909 bits per heavy atom. The molecule has 4 heteroatoms. The van der Waals surface area contributed by atoms with Crippen molar-refractivity contribution < 1.29 is 14.0 Å². The number of carbonyl (C=O) groups is 2. The van der Waals surface area contributed by atoms with Crippen molar-refractivity contribution in [1.82, 2.24) is 0 Å². The first-order valence-corrected chi connectivity index (χ1v) is 7.99. The van der Waals surface area contributed by atoms with Gasteiger partial charge in [0.15, 0.2) is 3.77 Å². The van der Waals surface area contributed by atoms with Crippen LogP contribution in [0.15, 0.2) is 34.7 Å². The molecule has 4 rings (SSSR count). The monoisotopic (exact) mass is 402 g/mol. The van der Waals surface area contributed by atoms with E-state index in [1.165, 1.54) is 0 Å². The molecule has 0 amide bonds. The number of ketones is 2. The number of hydrogen-bond acceptors (Lipinski definition) is 3. The lowest BCUT2D eigenvalue weighted by Crippen LogP contribution is -2.21. The highest BCUT2D eigenvalue weighted by Crippen LogP contribution is 2.41. The molecule has 0 aliphatic heterocycles. The van der Waals surface area contributed by atoms with Crippen LogP contribution >= 0.6 is 22.6 Å². The Morgan fingerprint density at radius 2 is 1.64 bits per heavy atom. The maximum Gasteiger partial charge on any atom is 0.237 e. The SMILES string of the molecule is Cc1c(I)oc2c1C(=O)C(=O)c1c-2ccc2c(C)cccc12. The van der Waals surface area contributed by atoms with Crippen LogP contribution in [0.1, 0.15) is 31.8 Å². The number of benzene rings is 2. The number of carbonyl (C=O) groups excluding carboxylic acids is 2. The van der Waals surface area contributed by atoms with Gasteiger partial charge in [0.05, 0.1) is 5.56 Å². The zero-order valence-corrected chi connectivity index (χ0v) is 14.1. The average Bonchev–Trinajstić information content (AvgIpc) is 2.80. The van der Waals surface area contributed by atoms with Gasteiger partial charge in [-0.05, 0) is 58.8 Å². The van der Waals surface area contributed by atoms with E-state index < -0.39 is 11.6 Å². The molecular weight excluding hydrogens is 391 g/mol. The Bertz CT molecular complexity index is 995. The van der Waals surface area contributed by atoms with Gasteiger partial charge in [-0.1, -0.05) is 24.3 Å². The van der Waals surface area contributed by atoms with Crippen LogP contribution in [0.3, 0.4) is 0 Å². The molecule has 0 bridgehead atoms. The van der Waals surface area contributed by atoms with Crippen LogP contribution < -0.4 is 0 Å². The van der Waals surface area contributed by atoms with Gasteiger partial charge in [0.2, 0.25) is 11.6 Å². The lowest BCUT2D eigenvalue weighted by Gasteiger charge is -2.16. The third kappa shape index (κ3) is 1.61. The molecule has 0 spiro atoms. The fraction of sp³-hybridized carbons (Fsp3) is 0.111. The van der Waals surface area contributed by atoms with E-state index in [4.69, 9.17) is 4.42 Å². The molecule has 0 fully saturated rings. The van der Waals surface area contributed by atoms with Crippen LogP contribution in [0.25, 0.3) is 22.1 Å². The van der Waals surface area contributed by atoms with Crippen molar-refractivity contribution in [2.45, 2.75) is 13.8 Å². The van der Waals surface area contributed by atoms with E-state index in [9.17, 15) is 9.59 Å². The molecule has 3 aromatic rings. The van der Waals surface area contributed by atoms with Crippen molar-refractivity contribution in [1.29, 1.82) is 0 Å². The second kappa shape index (κ2) is 4.52. The molecular formula is C18H11IO3. The van der Waals surface area contributed by atoms with E-state index in [2.05, 4.69) is 22.6 Å².